The topological polar surface area (TPSA) is 0 Å². The van der Waals surface area contributed by atoms with Crippen LogP contribution < -0.4 is 0 Å². The van der Waals surface area contributed by atoms with Crippen molar-refractivity contribution in [2.45, 2.75) is 39.5 Å². The molecule has 1 heteroatoms. The van der Waals surface area contributed by atoms with Crippen LogP contribution in [0.4, 0.5) is 0 Å². The maximum absolute atomic E-state index is 2.38. The number of hydrogen-bond acceptors (Lipinski definition) is 0. The van der Waals surface area contributed by atoms with Crippen molar-refractivity contribution in [2.75, 3.05) is 12.3 Å². The van der Waals surface area contributed by atoms with Crippen molar-refractivity contribution in [1.82, 2.24) is 0 Å². The third kappa shape index (κ3) is 3.56. The Morgan fingerprint density at radius 2 is 1.91 bits per heavy atom. The Morgan fingerprint density at radius 3 is 2.64 bits per heavy atom. The monoisotopic (exact) mass is 172 g/mol. The van der Waals surface area contributed by atoms with Gasteiger partial charge in [0.2, 0.25) is 0 Å². The van der Waals surface area contributed by atoms with E-state index < -0.39 is 0 Å². The van der Waals surface area contributed by atoms with E-state index in [9.17, 15) is 0 Å². The lowest BCUT2D eigenvalue weighted by atomic mass is 9.88. The van der Waals surface area contributed by atoms with Gasteiger partial charge in [-0.2, -0.15) is 0 Å². The second-order valence-corrected chi connectivity index (χ2v) is 5.54. The summed E-state index contributed by atoms with van der Waals surface area (Å²) in [6.45, 7) is 4.77. The first kappa shape index (κ1) is 9.52. The Balaban J connectivity index is 2.26. The largest absolute Gasteiger partial charge is 0.122 e. The van der Waals surface area contributed by atoms with E-state index in [-0.39, 0.29) is 0 Å². The summed E-state index contributed by atoms with van der Waals surface area (Å²) in [5, 5.41) is 0. The second kappa shape index (κ2) is 5.14. The van der Waals surface area contributed by atoms with Crippen LogP contribution in [0.15, 0.2) is 0 Å². The van der Waals surface area contributed by atoms with E-state index in [1.807, 2.05) is 0 Å². The van der Waals surface area contributed by atoms with Gasteiger partial charge in [0.25, 0.3) is 0 Å². The lowest BCUT2D eigenvalue weighted by Gasteiger charge is -2.22. The Kier molecular flexibility index (Phi) is 4.45. The summed E-state index contributed by atoms with van der Waals surface area (Å²) in [5.74, 6) is 1.97. The van der Waals surface area contributed by atoms with Crippen molar-refractivity contribution >= 4 is 8.58 Å². The summed E-state index contributed by atoms with van der Waals surface area (Å²) in [7, 11) is 1.27. The minimum Gasteiger partial charge on any atom is -0.122 e. The van der Waals surface area contributed by atoms with Crippen LogP contribution in [0, 0.1) is 11.8 Å². The Morgan fingerprint density at radius 1 is 1.09 bits per heavy atom. The van der Waals surface area contributed by atoms with Crippen LogP contribution in [0.1, 0.15) is 39.5 Å². The highest BCUT2D eigenvalue weighted by atomic mass is 31.1. The van der Waals surface area contributed by atoms with Crippen LogP contribution in [0.3, 0.4) is 0 Å². The van der Waals surface area contributed by atoms with Crippen LogP contribution >= 0.6 is 8.58 Å². The van der Waals surface area contributed by atoms with Gasteiger partial charge in [0.15, 0.2) is 0 Å². The van der Waals surface area contributed by atoms with E-state index >= 15 is 0 Å². The molecule has 2 unspecified atom stereocenters. The van der Waals surface area contributed by atoms with Gasteiger partial charge in [0, 0.05) is 0 Å². The molecule has 0 amide bonds. The quantitative estimate of drug-likeness (QED) is 0.531. The number of hydrogen-bond donors (Lipinski definition) is 0. The van der Waals surface area contributed by atoms with Gasteiger partial charge in [-0.15, -0.1) is 8.58 Å². The van der Waals surface area contributed by atoms with E-state index in [1.54, 1.807) is 0 Å². The van der Waals surface area contributed by atoms with Crippen molar-refractivity contribution < 1.29 is 0 Å². The molecule has 11 heavy (non-hydrogen) atoms. The van der Waals surface area contributed by atoms with Crippen LogP contribution in [0.5, 0.6) is 0 Å². The SMILES string of the molecule is CC(C)C1CCCCPCC1. The molecule has 1 fully saturated rings. The van der Waals surface area contributed by atoms with Gasteiger partial charge < -0.3 is 0 Å². The fourth-order valence-corrected chi connectivity index (χ4v) is 3.20. The molecule has 0 nitrogen and oxygen atoms in total. The molecule has 2 atom stereocenters. The number of rotatable bonds is 1. The van der Waals surface area contributed by atoms with Gasteiger partial charge in [0.05, 0.1) is 0 Å². The second-order valence-electron chi connectivity index (χ2n) is 4.04. The summed E-state index contributed by atoms with van der Waals surface area (Å²) in [4.78, 5) is 0. The average Bonchev–Trinajstić information content (AvgIpc) is 1.84. The zero-order chi connectivity index (χ0) is 8.10. The van der Waals surface area contributed by atoms with Crippen molar-refractivity contribution in [3.8, 4) is 0 Å². The van der Waals surface area contributed by atoms with Crippen molar-refractivity contribution in [3.63, 3.8) is 0 Å². The van der Waals surface area contributed by atoms with Crippen molar-refractivity contribution in [1.29, 1.82) is 0 Å². The Bertz CT molecular complexity index is 91.0. The molecule has 66 valence electrons. The molecular weight excluding hydrogens is 151 g/mol. The molecule has 0 bridgehead atoms. The molecule has 0 radical (unpaired) electrons. The molecule has 0 saturated carbocycles. The molecule has 1 aliphatic heterocycles. The minimum atomic E-state index is 0.929. The first-order chi connectivity index (χ1) is 5.30. The zero-order valence-electron chi connectivity index (χ0n) is 7.90. The normalized spacial score (nSPS) is 30.3. The maximum Gasteiger partial charge on any atom is -0.0351 e. The summed E-state index contributed by atoms with van der Waals surface area (Å²) in [6, 6.07) is 0. The molecular formula is C10H21P. The van der Waals surface area contributed by atoms with E-state index in [0.717, 1.165) is 11.8 Å². The predicted molar refractivity (Wildman–Crippen MR) is 54.8 cm³/mol. The zero-order valence-corrected chi connectivity index (χ0v) is 8.90. The highest BCUT2D eigenvalue weighted by molar-refractivity contribution is 7.37. The summed E-state index contributed by atoms with van der Waals surface area (Å²) < 4.78 is 0. The molecule has 0 aliphatic carbocycles. The molecule has 0 aromatic carbocycles. The third-order valence-corrected chi connectivity index (χ3v) is 4.16. The van der Waals surface area contributed by atoms with Gasteiger partial charge in [-0.1, -0.05) is 26.7 Å². The first-order valence-electron chi connectivity index (χ1n) is 5.01. The lowest BCUT2D eigenvalue weighted by molar-refractivity contribution is 0.339. The van der Waals surface area contributed by atoms with Crippen LogP contribution in [0.2, 0.25) is 0 Å². The summed E-state index contributed by atoms with van der Waals surface area (Å²) in [6.07, 6.45) is 9.05. The van der Waals surface area contributed by atoms with Crippen molar-refractivity contribution in [2.24, 2.45) is 11.8 Å². The van der Waals surface area contributed by atoms with Gasteiger partial charge in [-0.05, 0) is 37.0 Å². The minimum absolute atomic E-state index is 0.929. The van der Waals surface area contributed by atoms with Crippen LogP contribution in [0.25, 0.3) is 0 Å². The molecule has 1 saturated heterocycles. The summed E-state index contributed by atoms with van der Waals surface area (Å²) in [5.41, 5.74) is 0. The van der Waals surface area contributed by atoms with Gasteiger partial charge in [-0.3, -0.25) is 0 Å². The molecule has 0 aromatic rings. The molecule has 1 aliphatic rings. The molecule has 0 N–H and O–H groups in total. The predicted octanol–water partition coefficient (Wildman–Crippen LogP) is 3.51. The summed E-state index contributed by atoms with van der Waals surface area (Å²) >= 11 is 0. The highest BCUT2D eigenvalue weighted by Crippen LogP contribution is 2.29. The van der Waals surface area contributed by atoms with E-state index in [2.05, 4.69) is 13.8 Å². The fourth-order valence-electron chi connectivity index (χ4n) is 1.88. The average molecular weight is 172 g/mol. The van der Waals surface area contributed by atoms with Gasteiger partial charge in [0.1, 0.15) is 0 Å². The van der Waals surface area contributed by atoms with Crippen molar-refractivity contribution in [3.05, 3.63) is 0 Å². The van der Waals surface area contributed by atoms with E-state index in [1.165, 1.54) is 46.6 Å². The maximum atomic E-state index is 2.38. The first-order valence-corrected chi connectivity index (χ1v) is 6.43. The fraction of sp³-hybridized carbons (Fsp3) is 1.00. The smallest absolute Gasteiger partial charge is 0.0351 e. The lowest BCUT2D eigenvalue weighted by Crippen LogP contribution is -2.11. The van der Waals surface area contributed by atoms with Gasteiger partial charge in [-0.25, -0.2) is 0 Å². The molecule has 0 aromatic heterocycles. The Labute approximate surface area is 72.9 Å². The van der Waals surface area contributed by atoms with Crippen LogP contribution in [-0.2, 0) is 0 Å². The highest BCUT2D eigenvalue weighted by Gasteiger charge is 2.13. The standard InChI is InChI=1S/C10H21P/c1-9(2)10-5-3-4-7-11-8-6-10/h9-11H,3-8H2,1-2H3. The Hall–Kier alpha value is 0.430. The van der Waals surface area contributed by atoms with E-state index in [0.29, 0.717) is 0 Å². The molecule has 1 heterocycles. The van der Waals surface area contributed by atoms with E-state index in [4.69, 9.17) is 0 Å². The molecule has 1 rings (SSSR count). The van der Waals surface area contributed by atoms with Gasteiger partial charge >= 0.3 is 0 Å². The molecule has 0 spiro atoms. The van der Waals surface area contributed by atoms with Crippen LogP contribution in [-0.4, -0.2) is 12.3 Å². The third-order valence-electron chi connectivity index (χ3n) is 2.81.